The Morgan fingerprint density at radius 3 is 1.31 bits per heavy atom. The summed E-state index contributed by atoms with van der Waals surface area (Å²) in [4.78, 5) is 11.9. The molecule has 0 bridgehead atoms. The monoisotopic (exact) mass is 618 g/mol. The summed E-state index contributed by atoms with van der Waals surface area (Å²) in [6, 6.07) is 0.672. The van der Waals surface area contributed by atoms with Gasteiger partial charge in [0.1, 0.15) is 6.61 Å². The molecule has 1 amide bonds. The van der Waals surface area contributed by atoms with Crippen LogP contribution in [0.2, 0.25) is 6.04 Å². The van der Waals surface area contributed by atoms with Crippen molar-refractivity contribution in [3.63, 3.8) is 0 Å². The van der Waals surface area contributed by atoms with Gasteiger partial charge in [0.15, 0.2) is 0 Å². The molecular formula is C34H71NO6Si. The van der Waals surface area contributed by atoms with Crippen molar-refractivity contribution in [2.24, 2.45) is 0 Å². The first-order valence-electron chi connectivity index (χ1n) is 18.0. The van der Waals surface area contributed by atoms with E-state index in [-0.39, 0.29) is 6.61 Å². The van der Waals surface area contributed by atoms with Gasteiger partial charge in [0.25, 0.3) is 0 Å². The molecule has 0 unspecified atom stereocenters. The molecule has 0 fully saturated rings. The van der Waals surface area contributed by atoms with Crippen molar-refractivity contribution in [2.45, 2.75) is 169 Å². The minimum absolute atomic E-state index is 0.278. The molecule has 1 N–H and O–H groups in total. The molecular weight excluding hydrogens is 546 g/mol. The maximum absolute atomic E-state index is 11.9. The Kier molecular flexibility index (Phi) is 32.7. The van der Waals surface area contributed by atoms with Crippen molar-refractivity contribution in [3.05, 3.63) is 0 Å². The third-order valence-corrected chi connectivity index (χ3v) is 10.8. The van der Waals surface area contributed by atoms with Crippen LogP contribution in [0.3, 0.4) is 0 Å². The Hall–Kier alpha value is -0.673. The zero-order valence-electron chi connectivity index (χ0n) is 28.5. The van der Waals surface area contributed by atoms with Crippen LogP contribution in [-0.2, 0) is 22.8 Å². The Bertz CT molecular complexity index is 537. The van der Waals surface area contributed by atoms with E-state index in [1.54, 1.807) is 0 Å². The van der Waals surface area contributed by atoms with Gasteiger partial charge in [-0.2, -0.15) is 0 Å². The molecule has 0 atom stereocenters. The van der Waals surface area contributed by atoms with Gasteiger partial charge in [-0.1, -0.05) is 129 Å². The fraction of sp³-hybridized carbons (Fsp3) is 0.971. The summed E-state index contributed by atoms with van der Waals surface area (Å²) < 4.78 is 28.3. The second-order valence-electron chi connectivity index (χ2n) is 11.5. The van der Waals surface area contributed by atoms with Gasteiger partial charge in [-0.05, 0) is 33.6 Å². The fourth-order valence-corrected chi connectivity index (χ4v) is 7.91. The highest BCUT2D eigenvalue weighted by Gasteiger charge is 2.39. The third-order valence-electron chi connectivity index (χ3n) is 7.62. The van der Waals surface area contributed by atoms with Gasteiger partial charge >= 0.3 is 14.9 Å². The molecule has 0 aromatic rings. The second kappa shape index (κ2) is 33.2. The average molecular weight is 618 g/mol. The molecule has 0 saturated heterocycles. The summed E-state index contributed by atoms with van der Waals surface area (Å²) in [5.41, 5.74) is 0. The van der Waals surface area contributed by atoms with Crippen LogP contribution in [-0.4, -0.2) is 61.1 Å². The molecule has 8 heteroatoms. The van der Waals surface area contributed by atoms with E-state index in [2.05, 4.69) is 12.2 Å². The van der Waals surface area contributed by atoms with Crippen molar-refractivity contribution < 1.29 is 27.5 Å². The van der Waals surface area contributed by atoms with Gasteiger partial charge < -0.3 is 28.1 Å². The SMILES string of the molecule is CCCCCCCCCCCCCCCCCCCCCCOCCOC(=O)NCCC[Si](OCC)(OCC)OCC. The number of unbranched alkanes of at least 4 members (excludes halogenated alkanes) is 19. The van der Waals surface area contributed by atoms with Crippen molar-refractivity contribution in [1.29, 1.82) is 0 Å². The lowest BCUT2D eigenvalue weighted by atomic mass is 10.0. The number of rotatable bonds is 34. The van der Waals surface area contributed by atoms with Gasteiger partial charge in [-0.3, -0.25) is 0 Å². The quantitative estimate of drug-likeness (QED) is 0.0572. The summed E-state index contributed by atoms with van der Waals surface area (Å²) in [5.74, 6) is 0. The van der Waals surface area contributed by atoms with E-state index in [0.717, 1.165) is 19.4 Å². The van der Waals surface area contributed by atoms with Gasteiger partial charge in [-0.15, -0.1) is 0 Å². The van der Waals surface area contributed by atoms with Crippen molar-refractivity contribution >= 4 is 14.9 Å². The molecule has 0 aromatic heterocycles. The number of ether oxygens (including phenoxy) is 2. The molecule has 0 aromatic carbocycles. The molecule has 0 aliphatic carbocycles. The molecule has 0 saturated carbocycles. The van der Waals surface area contributed by atoms with E-state index in [1.807, 2.05) is 20.8 Å². The highest BCUT2D eigenvalue weighted by Crippen LogP contribution is 2.18. The number of carbonyl (C=O) groups excluding carboxylic acids is 1. The number of alkyl carbamates (subject to hydrolysis) is 1. The minimum atomic E-state index is -2.65. The summed E-state index contributed by atoms with van der Waals surface area (Å²) in [6.45, 7) is 11.8. The number of carbonyl (C=O) groups is 1. The largest absolute Gasteiger partial charge is 0.500 e. The summed E-state index contributed by atoms with van der Waals surface area (Å²) in [5, 5.41) is 2.79. The fourth-order valence-electron chi connectivity index (χ4n) is 5.30. The van der Waals surface area contributed by atoms with Crippen LogP contribution in [0, 0.1) is 0 Å². The lowest BCUT2D eigenvalue weighted by Crippen LogP contribution is -2.46. The molecule has 252 valence electrons. The van der Waals surface area contributed by atoms with E-state index >= 15 is 0 Å². The van der Waals surface area contributed by atoms with Gasteiger partial charge in [0.05, 0.1) is 6.61 Å². The predicted molar refractivity (Wildman–Crippen MR) is 178 cm³/mol. The van der Waals surface area contributed by atoms with E-state index in [0.29, 0.717) is 39.0 Å². The van der Waals surface area contributed by atoms with Crippen LogP contribution in [0.1, 0.15) is 163 Å². The zero-order chi connectivity index (χ0) is 30.8. The topological polar surface area (TPSA) is 75.3 Å². The van der Waals surface area contributed by atoms with Crippen LogP contribution in [0.5, 0.6) is 0 Å². The normalized spacial score (nSPS) is 11.7. The Morgan fingerprint density at radius 2 is 0.905 bits per heavy atom. The lowest BCUT2D eigenvalue weighted by Gasteiger charge is -2.28. The van der Waals surface area contributed by atoms with E-state index < -0.39 is 14.9 Å². The number of nitrogens with one attached hydrogen (secondary N) is 1. The molecule has 7 nitrogen and oxygen atoms in total. The molecule has 0 spiro atoms. The molecule has 0 heterocycles. The third kappa shape index (κ3) is 28.1. The van der Waals surface area contributed by atoms with E-state index in [4.69, 9.17) is 22.8 Å². The van der Waals surface area contributed by atoms with Crippen LogP contribution in [0.4, 0.5) is 4.79 Å². The molecule has 0 rings (SSSR count). The first-order valence-corrected chi connectivity index (χ1v) is 20.0. The lowest BCUT2D eigenvalue weighted by molar-refractivity contribution is 0.0683. The van der Waals surface area contributed by atoms with Crippen LogP contribution in [0.25, 0.3) is 0 Å². The van der Waals surface area contributed by atoms with E-state index in [1.165, 1.54) is 122 Å². The maximum Gasteiger partial charge on any atom is 0.500 e. The Labute approximate surface area is 262 Å². The average Bonchev–Trinajstić information content (AvgIpc) is 2.98. The molecule has 0 aliphatic heterocycles. The number of amides is 1. The minimum Gasteiger partial charge on any atom is -0.447 e. The van der Waals surface area contributed by atoms with Crippen LogP contribution >= 0.6 is 0 Å². The standard InChI is InChI=1S/C34H71NO6Si/c1-5-9-10-11-12-13-14-15-16-17-18-19-20-21-22-23-24-25-26-27-30-37-31-32-38-34(36)35-29-28-33-42(39-6-2,40-7-3)41-8-4/h5-33H2,1-4H3,(H,35,36). The predicted octanol–water partition coefficient (Wildman–Crippen LogP) is 9.99. The summed E-state index contributed by atoms with van der Waals surface area (Å²) in [7, 11) is -2.65. The zero-order valence-corrected chi connectivity index (χ0v) is 29.5. The Balaban J connectivity index is 3.36. The highest BCUT2D eigenvalue weighted by atomic mass is 28.4. The first-order chi connectivity index (χ1) is 20.6. The smallest absolute Gasteiger partial charge is 0.447 e. The first kappa shape index (κ1) is 41.3. The Morgan fingerprint density at radius 1 is 0.500 bits per heavy atom. The maximum atomic E-state index is 11.9. The van der Waals surface area contributed by atoms with Crippen molar-refractivity contribution in [1.82, 2.24) is 5.32 Å². The van der Waals surface area contributed by atoms with E-state index in [9.17, 15) is 4.79 Å². The summed E-state index contributed by atoms with van der Waals surface area (Å²) >= 11 is 0. The second-order valence-corrected chi connectivity index (χ2v) is 14.2. The van der Waals surface area contributed by atoms with Crippen molar-refractivity contribution in [2.75, 3.05) is 46.2 Å². The molecule has 42 heavy (non-hydrogen) atoms. The van der Waals surface area contributed by atoms with Crippen LogP contribution in [0.15, 0.2) is 0 Å². The van der Waals surface area contributed by atoms with Gasteiger partial charge in [-0.25, -0.2) is 4.79 Å². The van der Waals surface area contributed by atoms with Crippen LogP contribution < -0.4 is 5.32 Å². The molecule has 0 radical (unpaired) electrons. The van der Waals surface area contributed by atoms with Gasteiger partial charge in [0.2, 0.25) is 0 Å². The highest BCUT2D eigenvalue weighted by molar-refractivity contribution is 6.60. The number of hydrogen-bond donors (Lipinski definition) is 1. The number of hydrogen-bond acceptors (Lipinski definition) is 6. The molecule has 0 aliphatic rings. The van der Waals surface area contributed by atoms with Crippen molar-refractivity contribution in [3.8, 4) is 0 Å². The summed E-state index contributed by atoms with van der Waals surface area (Å²) in [6.07, 6.45) is 28.1. The van der Waals surface area contributed by atoms with Gasteiger partial charge in [0, 0.05) is 39.0 Å².